The van der Waals surface area contributed by atoms with Gasteiger partial charge in [-0.05, 0) is 31.6 Å². The molecule has 130 valence electrons. The number of nitrogens with two attached hydrogens (primary N) is 1. The SMILES string of the molecule is Cl.NCC(NC(=O)CCOC1CCOCC1)C1CCCCC1. The van der Waals surface area contributed by atoms with Gasteiger partial charge >= 0.3 is 0 Å². The summed E-state index contributed by atoms with van der Waals surface area (Å²) in [6.45, 7) is 2.58. The van der Waals surface area contributed by atoms with Gasteiger partial charge in [0.1, 0.15) is 0 Å². The fourth-order valence-electron chi connectivity index (χ4n) is 3.35. The van der Waals surface area contributed by atoms with Crippen LogP contribution in [0, 0.1) is 5.92 Å². The Bertz CT molecular complexity index is 306. The van der Waals surface area contributed by atoms with Crippen molar-refractivity contribution in [1.29, 1.82) is 0 Å². The molecule has 3 N–H and O–H groups in total. The lowest BCUT2D eigenvalue weighted by Crippen LogP contribution is -2.46. The van der Waals surface area contributed by atoms with Gasteiger partial charge in [0.05, 0.1) is 12.7 Å². The Balaban J connectivity index is 0.00000242. The van der Waals surface area contributed by atoms with Crippen LogP contribution in [0.25, 0.3) is 0 Å². The average molecular weight is 335 g/mol. The summed E-state index contributed by atoms with van der Waals surface area (Å²) in [4.78, 5) is 12.0. The first-order valence-corrected chi connectivity index (χ1v) is 8.48. The lowest BCUT2D eigenvalue weighted by Gasteiger charge is -2.30. The normalized spacial score (nSPS) is 21.9. The average Bonchev–Trinajstić information content (AvgIpc) is 2.54. The maximum Gasteiger partial charge on any atom is 0.222 e. The Morgan fingerprint density at radius 3 is 2.50 bits per heavy atom. The van der Waals surface area contributed by atoms with Crippen molar-refractivity contribution < 1.29 is 14.3 Å². The highest BCUT2D eigenvalue weighted by Gasteiger charge is 2.24. The van der Waals surface area contributed by atoms with E-state index in [1.165, 1.54) is 32.1 Å². The molecule has 0 spiro atoms. The van der Waals surface area contributed by atoms with E-state index in [0.717, 1.165) is 26.1 Å². The van der Waals surface area contributed by atoms with Crippen molar-refractivity contribution in [2.24, 2.45) is 11.7 Å². The summed E-state index contributed by atoms with van der Waals surface area (Å²) >= 11 is 0. The third-order valence-corrected chi connectivity index (χ3v) is 4.67. The van der Waals surface area contributed by atoms with Crippen LogP contribution in [-0.2, 0) is 14.3 Å². The number of halogens is 1. The minimum Gasteiger partial charge on any atom is -0.381 e. The fraction of sp³-hybridized carbons (Fsp3) is 0.938. The summed E-state index contributed by atoms with van der Waals surface area (Å²) in [5.74, 6) is 0.632. The zero-order valence-electron chi connectivity index (χ0n) is 13.4. The number of hydrogen-bond acceptors (Lipinski definition) is 4. The number of ether oxygens (including phenoxy) is 2. The van der Waals surface area contributed by atoms with Crippen LogP contribution in [0.1, 0.15) is 51.4 Å². The topological polar surface area (TPSA) is 73.6 Å². The van der Waals surface area contributed by atoms with Crippen LogP contribution >= 0.6 is 12.4 Å². The van der Waals surface area contributed by atoms with E-state index in [9.17, 15) is 4.79 Å². The van der Waals surface area contributed by atoms with Crippen molar-refractivity contribution in [2.75, 3.05) is 26.4 Å². The molecule has 1 aliphatic carbocycles. The summed E-state index contributed by atoms with van der Waals surface area (Å²) in [7, 11) is 0. The Kier molecular flexibility index (Phi) is 10.0. The van der Waals surface area contributed by atoms with Crippen molar-refractivity contribution in [2.45, 2.75) is 63.5 Å². The summed E-state index contributed by atoms with van der Waals surface area (Å²) in [6.07, 6.45) is 8.82. The van der Waals surface area contributed by atoms with Crippen molar-refractivity contribution in [3.63, 3.8) is 0 Å². The van der Waals surface area contributed by atoms with Gasteiger partial charge in [0.2, 0.25) is 5.91 Å². The van der Waals surface area contributed by atoms with E-state index >= 15 is 0 Å². The van der Waals surface area contributed by atoms with E-state index in [4.69, 9.17) is 15.2 Å². The Morgan fingerprint density at radius 1 is 1.18 bits per heavy atom. The number of nitrogens with one attached hydrogen (secondary N) is 1. The van der Waals surface area contributed by atoms with Gasteiger partial charge in [-0.25, -0.2) is 0 Å². The standard InChI is InChI=1S/C16H30N2O3.ClH/c17-12-15(13-4-2-1-3-5-13)18-16(19)8-11-21-14-6-9-20-10-7-14;/h13-15H,1-12,17H2,(H,18,19);1H. The van der Waals surface area contributed by atoms with Crippen LogP contribution < -0.4 is 11.1 Å². The third-order valence-electron chi connectivity index (χ3n) is 4.67. The van der Waals surface area contributed by atoms with E-state index in [1.807, 2.05) is 0 Å². The van der Waals surface area contributed by atoms with Gasteiger partial charge in [-0.1, -0.05) is 19.3 Å². The molecule has 22 heavy (non-hydrogen) atoms. The molecule has 0 aromatic rings. The van der Waals surface area contributed by atoms with Crippen molar-refractivity contribution in [3.8, 4) is 0 Å². The minimum atomic E-state index is 0. The second-order valence-electron chi connectivity index (χ2n) is 6.24. The maximum atomic E-state index is 12.0. The summed E-state index contributed by atoms with van der Waals surface area (Å²) in [5, 5.41) is 3.11. The second-order valence-corrected chi connectivity index (χ2v) is 6.24. The van der Waals surface area contributed by atoms with Crippen LogP contribution in [0.3, 0.4) is 0 Å². The van der Waals surface area contributed by atoms with Crippen LogP contribution in [0.15, 0.2) is 0 Å². The van der Waals surface area contributed by atoms with Crippen LogP contribution in [0.5, 0.6) is 0 Å². The van der Waals surface area contributed by atoms with E-state index in [1.54, 1.807) is 0 Å². The zero-order valence-corrected chi connectivity index (χ0v) is 14.2. The van der Waals surface area contributed by atoms with Crippen molar-refractivity contribution in [1.82, 2.24) is 5.32 Å². The summed E-state index contributed by atoms with van der Waals surface area (Å²) < 4.78 is 11.0. The quantitative estimate of drug-likeness (QED) is 0.747. The lowest BCUT2D eigenvalue weighted by molar-refractivity contribution is -0.124. The Hall–Kier alpha value is -0.360. The molecule has 1 aliphatic heterocycles. The molecule has 1 saturated carbocycles. The molecule has 6 heteroatoms. The van der Waals surface area contributed by atoms with E-state index < -0.39 is 0 Å². The van der Waals surface area contributed by atoms with Crippen LogP contribution in [0.2, 0.25) is 0 Å². The van der Waals surface area contributed by atoms with Crippen molar-refractivity contribution in [3.05, 3.63) is 0 Å². The van der Waals surface area contributed by atoms with Gasteiger partial charge in [0.15, 0.2) is 0 Å². The molecule has 2 rings (SSSR count). The summed E-state index contributed by atoms with van der Waals surface area (Å²) in [6, 6.07) is 0.140. The molecular formula is C16H31ClN2O3. The molecule has 0 radical (unpaired) electrons. The third kappa shape index (κ3) is 6.82. The molecule has 1 heterocycles. The molecule has 2 fully saturated rings. The molecule has 1 saturated heterocycles. The molecule has 0 aromatic heterocycles. The highest BCUT2D eigenvalue weighted by atomic mass is 35.5. The molecule has 2 aliphatic rings. The van der Waals surface area contributed by atoms with E-state index in [2.05, 4.69) is 5.32 Å². The molecule has 5 nitrogen and oxygen atoms in total. The predicted octanol–water partition coefficient (Wildman–Crippen LogP) is 2.02. The Morgan fingerprint density at radius 2 is 1.86 bits per heavy atom. The molecule has 0 aromatic carbocycles. The van der Waals surface area contributed by atoms with Gasteiger partial charge in [0.25, 0.3) is 0 Å². The first-order valence-electron chi connectivity index (χ1n) is 8.48. The molecule has 1 unspecified atom stereocenters. The van der Waals surface area contributed by atoms with E-state index in [0.29, 0.717) is 25.5 Å². The lowest BCUT2D eigenvalue weighted by atomic mass is 9.84. The number of carbonyl (C=O) groups excluding carboxylic acids is 1. The van der Waals surface area contributed by atoms with Gasteiger partial charge < -0.3 is 20.5 Å². The Labute approximate surface area is 140 Å². The largest absolute Gasteiger partial charge is 0.381 e. The molecule has 1 atom stereocenters. The molecule has 1 amide bonds. The number of hydrogen-bond donors (Lipinski definition) is 2. The highest BCUT2D eigenvalue weighted by molar-refractivity contribution is 5.85. The van der Waals surface area contributed by atoms with Crippen molar-refractivity contribution >= 4 is 18.3 Å². The summed E-state index contributed by atoms with van der Waals surface area (Å²) in [5.41, 5.74) is 5.84. The van der Waals surface area contributed by atoms with Gasteiger partial charge in [0, 0.05) is 32.2 Å². The zero-order chi connectivity index (χ0) is 14.9. The van der Waals surface area contributed by atoms with Crippen LogP contribution in [0.4, 0.5) is 0 Å². The first kappa shape index (κ1) is 19.7. The molecular weight excluding hydrogens is 304 g/mol. The fourth-order valence-corrected chi connectivity index (χ4v) is 3.35. The number of rotatable bonds is 7. The van der Waals surface area contributed by atoms with Gasteiger partial charge in [-0.2, -0.15) is 0 Å². The smallest absolute Gasteiger partial charge is 0.222 e. The van der Waals surface area contributed by atoms with Gasteiger partial charge in [-0.3, -0.25) is 4.79 Å². The minimum absolute atomic E-state index is 0. The first-order chi connectivity index (χ1) is 10.3. The maximum absolute atomic E-state index is 12.0. The number of carbonyl (C=O) groups is 1. The highest BCUT2D eigenvalue weighted by Crippen LogP contribution is 2.26. The van der Waals surface area contributed by atoms with Gasteiger partial charge in [-0.15, -0.1) is 12.4 Å². The van der Waals surface area contributed by atoms with Crippen LogP contribution in [-0.4, -0.2) is 44.4 Å². The van der Waals surface area contributed by atoms with E-state index in [-0.39, 0.29) is 30.5 Å². The second kappa shape index (κ2) is 11.2. The molecule has 0 bridgehead atoms. The number of amides is 1. The monoisotopic (exact) mass is 334 g/mol. The predicted molar refractivity (Wildman–Crippen MR) is 89.2 cm³/mol.